The maximum atomic E-state index is 13.8. The van der Waals surface area contributed by atoms with Gasteiger partial charge in [0.1, 0.15) is 23.4 Å². The molecule has 2 aromatic carbocycles. The highest BCUT2D eigenvalue weighted by Crippen LogP contribution is 2.33. The van der Waals surface area contributed by atoms with E-state index in [2.05, 4.69) is 23.3 Å². The number of carbonyl (C=O) groups excluding carboxylic acids is 3. The summed E-state index contributed by atoms with van der Waals surface area (Å²) < 4.78 is 5.30. The van der Waals surface area contributed by atoms with Crippen LogP contribution < -0.4 is 10.6 Å². The van der Waals surface area contributed by atoms with Crippen LogP contribution in [-0.4, -0.2) is 51.4 Å². The van der Waals surface area contributed by atoms with Crippen LogP contribution in [0.25, 0.3) is 0 Å². The van der Waals surface area contributed by atoms with Crippen molar-refractivity contribution >= 4 is 36.2 Å². The van der Waals surface area contributed by atoms with Crippen LogP contribution in [0.3, 0.4) is 0 Å². The first-order valence-corrected chi connectivity index (χ1v) is 12.5. The number of aryl methyl sites for hydroxylation is 2. The quantitative estimate of drug-likeness (QED) is 0.380. The lowest BCUT2D eigenvalue weighted by molar-refractivity contribution is -0.142. The van der Waals surface area contributed by atoms with Crippen molar-refractivity contribution < 1.29 is 24.2 Å². The fourth-order valence-electron chi connectivity index (χ4n) is 3.83. The van der Waals surface area contributed by atoms with Crippen molar-refractivity contribution in [1.29, 1.82) is 0 Å². The summed E-state index contributed by atoms with van der Waals surface area (Å²) in [6.07, 6.45) is -0.766. The molecule has 0 saturated carbocycles. The number of aromatic hydroxyl groups is 1. The Morgan fingerprint density at radius 3 is 2.11 bits per heavy atom. The number of phenolic OH excluding ortho intramolecular Hbond substituents is 1. The molecule has 0 heterocycles. The predicted octanol–water partition coefficient (Wildman–Crippen LogP) is 4.75. The second-order valence-electron chi connectivity index (χ2n) is 9.94. The van der Waals surface area contributed by atoms with Gasteiger partial charge < -0.3 is 25.4 Å². The molecule has 0 radical (unpaired) electrons. The molecular formula is C27H37N3O5S. The van der Waals surface area contributed by atoms with Gasteiger partial charge in [-0.05, 0) is 65.7 Å². The Morgan fingerprint density at radius 2 is 1.61 bits per heavy atom. The van der Waals surface area contributed by atoms with E-state index in [1.54, 1.807) is 52.8 Å². The van der Waals surface area contributed by atoms with Crippen molar-refractivity contribution in [3.8, 4) is 5.75 Å². The molecule has 3 amide bonds. The number of phenols is 1. The molecule has 2 aromatic rings. The molecule has 9 heteroatoms. The molecule has 0 aromatic heterocycles. The van der Waals surface area contributed by atoms with E-state index in [-0.39, 0.29) is 17.1 Å². The number of thiol groups is 1. The molecule has 2 unspecified atom stereocenters. The number of rotatable bonds is 8. The molecule has 0 aliphatic heterocycles. The summed E-state index contributed by atoms with van der Waals surface area (Å²) >= 11 is 4.27. The molecule has 196 valence electrons. The second-order valence-corrected chi connectivity index (χ2v) is 10.3. The van der Waals surface area contributed by atoms with Crippen LogP contribution in [0.2, 0.25) is 0 Å². The molecule has 0 aliphatic rings. The number of alkyl carbamates (subject to hydrolysis) is 1. The highest BCUT2D eigenvalue weighted by Gasteiger charge is 2.38. The maximum absolute atomic E-state index is 13.8. The zero-order chi connectivity index (χ0) is 27.2. The standard InChI is InChI=1S/C27H37N3O5S/c1-16(2)30(25(33)20(15-36)28-26(34)35-27(5,6)7)23(19-13-8-9-14-21(19)31)24(32)29-22-17(3)11-10-12-18(22)4/h8-14,16,20,23,31,36H,15H2,1-7H3,(H,28,34)(H,29,32). The monoisotopic (exact) mass is 515 g/mol. The molecule has 0 spiro atoms. The topological polar surface area (TPSA) is 108 Å². The van der Waals surface area contributed by atoms with Gasteiger partial charge >= 0.3 is 6.09 Å². The number of nitrogens with zero attached hydrogens (tertiary/aromatic N) is 1. The van der Waals surface area contributed by atoms with Crippen molar-refractivity contribution in [3.63, 3.8) is 0 Å². The van der Waals surface area contributed by atoms with Gasteiger partial charge in [-0.25, -0.2) is 4.79 Å². The van der Waals surface area contributed by atoms with Gasteiger partial charge in [-0.1, -0.05) is 36.4 Å². The van der Waals surface area contributed by atoms with Gasteiger partial charge in [0.15, 0.2) is 0 Å². The van der Waals surface area contributed by atoms with Crippen molar-refractivity contribution in [1.82, 2.24) is 10.2 Å². The Hall–Kier alpha value is -3.20. The average molecular weight is 516 g/mol. The van der Waals surface area contributed by atoms with E-state index in [0.717, 1.165) is 11.1 Å². The fourth-order valence-corrected chi connectivity index (χ4v) is 4.08. The van der Waals surface area contributed by atoms with Gasteiger partial charge in [0, 0.05) is 23.0 Å². The van der Waals surface area contributed by atoms with E-state index in [4.69, 9.17) is 4.74 Å². The van der Waals surface area contributed by atoms with Gasteiger partial charge in [0.05, 0.1) is 0 Å². The van der Waals surface area contributed by atoms with Crippen LogP contribution in [0.5, 0.6) is 5.75 Å². The van der Waals surface area contributed by atoms with Crippen molar-refractivity contribution in [2.45, 2.75) is 72.2 Å². The summed E-state index contributed by atoms with van der Waals surface area (Å²) in [6.45, 7) is 12.4. The number of carbonyl (C=O) groups is 3. The molecular weight excluding hydrogens is 478 g/mol. The number of hydrogen-bond acceptors (Lipinski definition) is 6. The van der Waals surface area contributed by atoms with Gasteiger partial charge in [-0.3, -0.25) is 9.59 Å². The number of ether oxygens (including phenoxy) is 1. The molecule has 0 aliphatic carbocycles. The molecule has 0 fully saturated rings. The summed E-state index contributed by atoms with van der Waals surface area (Å²) in [5.74, 6) is -1.17. The lowest BCUT2D eigenvalue weighted by Crippen LogP contribution is -2.55. The third-order valence-electron chi connectivity index (χ3n) is 5.47. The third-order valence-corrected chi connectivity index (χ3v) is 5.83. The smallest absolute Gasteiger partial charge is 0.408 e. The van der Waals surface area contributed by atoms with E-state index in [1.807, 2.05) is 32.0 Å². The first-order valence-electron chi connectivity index (χ1n) is 11.8. The Balaban J connectivity index is 2.52. The molecule has 8 nitrogen and oxygen atoms in total. The molecule has 0 saturated heterocycles. The highest BCUT2D eigenvalue weighted by molar-refractivity contribution is 7.80. The Labute approximate surface area is 218 Å². The first kappa shape index (κ1) is 29.0. The minimum Gasteiger partial charge on any atom is -0.508 e. The summed E-state index contributed by atoms with van der Waals surface area (Å²) in [5, 5.41) is 16.2. The number of benzene rings is 2. The van der Waals surface area contributed by atoms with Gasteiger partial charge in [-0.2, -0.15) is 12.6 Å². The normalized spacial score (nSPS) is 13.0. The highest BCUT2D eigenvalue weighted by atomic mass is 32.1. The number of nitrogens with one attached hydrogen (secondary N) is 2. The van der Waals surface area contributed by atoms with Gasteiger partial charge in [0.2, 0.25) is 5.91 Å². The van der Waals surface area contributed by atoms with Crippen LogP contribution in [0.1, 0.15) is 57.4 Å². The van der Waals surface area contributed by atoms with E-state index in [1.165, 1.54) is 11.0 Å². The van der Waals surface area contributed by atoms with Gasteiger partial charge in [-0.15, -0.1) is 0 Å². The third kappa shape index (κ3) is 7.40. The number of amides is 3. The lowest BCUT2D eigenvalue weighted by Gasteiger charge is -2.37. The van der Waals surface area contributed by atoms with Crippen LogP contribution in [0.4, 0.5) is 10.5 Å². The minimum atomic E-state index is -1.18. The zero-order valence-corrected chi connectivity index (χ0v) is 22.8. The predicted molar refractivity (Wildman–Crippen MR) is 144 cm³/mol. The summed E-state index contributed by atoms with van der Waals surface area (Å²) in [4.78, 5) is 41.3. The molecule has 3 N–H and O–H groups in total. The number of anilines is 1. The Bertz CT molecular complexity index is 1080. The van der Waals surface area contributed by atoms with Gasteiger partial charge in [0.25, 0.3) is 5.91 Å². The largest absolute Gasteiger partial charge is 0.508 e. The summed E-state index contributed by atoms with van der Waals surface area (Å²) in [6, 6.07) is 9.34. The van der Waals surface area contributed by atoms with E-state index in [9.17, 15) is 19.5 Å². The number of hydrogen-bond donors (Lipinski definition) is 4. The molecule has 0 bridgehead atoms. The van der Waals surface area contributed by atoms with Crippen LogP contribution >= 0.6 is 12.6 Å². The molecule has 36 heavy (non-hydrogen) atoms. The summed E-state index contributed by atoms with van der Waals surface area (Å²) in [7, 11) is 0. The maximum Gasteiger partial charge on any atom is 0.408 e. The van der Waals surface area contributed by atoms with Crippen LogP contribution in [-0.2, 0) is 14.3 Å². The van der Waals surface area contributed by atoms with Crippen molar-refractivity contribution in [2.24, 2.45) is 0 Å². The van der Waals surface area contributed by atoms with Crippen molar-refractivity contribution in [3.05, 3.63) is 59.2 Å². The van der Waals surface area contributed by atoms with Crippen LogP contribution in [0, 0.1) is 13.8 Å². The Morgan fingerprint density at radius 1 is 1.03 bits per heavy atom. The molecule has 2 atom stereocenters. The van der Waals surface area contributed by atoms with Crippen molar-refractivity contribution in [2.75, 3.05) is 11.1 Å². The minimum absolute atomic E-state index is 0.0205. The first-order chi connectivity index (χ1) is 16.8. The summed E-state index contributed by atoms with van der Waals surface area (Å²) in [5.41, 5.74) is 1.87. The SMILES string of the molecule is Cc1cccc(C)c1NC(=O)C(c1ccccc1O)N(C(=O)C(CS)NC(=O)OC(C)(C)C)C(C)C. The fraction of sp³-hybridized carbons (Fsp3) is 0.444. The van der Waals surface area contributed by atoms with E-state index in [0.29, 0.717) is 5.69 Å². The van der Waals surface area contributed by atoms with Crippen LogP contribution in [0.15, 0.2) is 42.5 Å². The Kier molecular flexibility index (Phi) is 9.81. The van der Waals surface area contributed by atoms with E-state index < -0.39 is 41.6 Å². The second kappa shape index (κ2) is 12.2. The van der Waals surface area contributed by atoms with E-state index >= 15 is 0 Å². The average Bonchev–Trinajstić information content (AvgIpc) is 2.77. The zero-order valence-electron chi connectivity index (χ0n) is 22.0. The lowest BCUT2D eigenvalue weighted by atomic mass is 9.99. The molecule has 2 rings (SSSR count). The number of para-hydroxylation sites is 2.